The van der Waals surface area contributed by atoms with E-state index in [1.807, 2.05) is 52.0 Å². The first-order valence-corrected chi connectivity index (χ1v) is 7.75. The first-order chi connectivity index (χ1) is 10.3. The summed E-state index contributed by atoms with van der Waals surface area (Å²) in [6, 6.07) is 8.05. The number of rotatable bonds is 5. The molecule has 1 aliphatic heterocycles. The van der Waals surface area contributed by atoms with Crippen LogP contribution in [0.3, 0.4) is 0 Å². The predicted molar refractivity (Wildman–Crippen MR) is 90.3 cm³/mol. The van der Waals surface area contributed by atoms with Crippen molar-refractivity contribution < 1.29 is 14.4 Å². The summed E-state index contributed by atoms with van der Waals surface area (Å²) in [5.41, 5.74) is 8.22. The summed E-state index contributed by atoms with van der Waals surface area (Å²) in [6.45, 7) is 8.65. The molecule has 0 bridgehead atoms. The third kappa shape index (κ3) is 3.61. The van der Waals surface area contributed by atoms with Crippen molar-refractivity contribution in [2.75, 3.05) is 13.2 Å². The van der Waals surface area contributed by atoms with E-state index in [1.54, 1.807) is 0 Å². The highest BCUT2D eigenvalue weighted by atomic mass is 16.7. The van der Waals surface area contributed by atoms with Crippen molar-refractivity contribution in [1.82, 2.24) is 0 Å². The fourth-order valence-electron chi connectivity index (χ4n) is 2.40. The molecular weight excluding hydrogens is 277 g/mol. The zero-order valence-corrected chi connectivity index (χ0v) is 13.9. The predicted octanol–water partition coefficient (Wildman–Crippen LogP) is 2.19. The van der Waals surface area contributed by atoms with E-state index in [1.165, 1.54) is 0 Å². The van der Waals surface area contributed by atoms with Crippen molar-refractivity contribution >= 4 is 13.2 Å². The zero-order chi connectivity index (χ0) is 16.4. The molecular formula is C17H26BNO3. The van der Waals surface area contributed by atoms with Crippen molar-refractivity contribution in [1.29, 1.82) is 0 Å². The lowest BCUT2D eigenvalue weighted by Crippen LogP contribution is -2.41. The largest absolute Gasteiger partial charge is 0.491 e. The van der Waals surface area contributed by atoms with E-state index >= 15 is 0 Å². The lowest BCUT2D eigenvalue weighted by atomic mass is 9.77. The minimum Gasteiger partial charge on any atom is -0.400 e. The van der Waals surface area contributed by atoms with Gasteiger partial charge in [0.15, 0.2) is 0 Å². The molecule has 1 aliphatic rings. The van der Waals surface area contributed by atoms with Gasteiger partial charge < -0.3 is 20.1 Å². The molecule has 0 aromatic heterocycles. The van der Waals surface area contributed by atoms with Crippen LogP contribution in [0.2, 0.25) is 0 Å². The minimum absolute atomic E-state index is 0.147. The maximum absolute atomic E-state index is 9.05. The van der Waals surface area contributed by atoms with Crippen LogP contribution < -0.4 is 5.73 Å². The molecule has 0 radical (unpaired) electrons. The van der Waals surface area contributed by atoms with E-state index in [4.69, 9.17) is 20.1 Å². The normalized spacial score (nSPS) is 20.5. The highest BCUT2D eigenvalue weighted by Gasteiger charge is 2.52. The van der Waals surface area contributed by atoms with Crippen LogP contribution in [0.5, 0.6) is 0 Å². The molecule has 2 rings (SSSR count). The van der Waals surface area contributed by atoms with Gasteiger partial charge in [0.2, 0.25) is 0 Å². The Morgan fingerprint density at radius 2 is 1.86 bits per heavy atom. The summed E-state index contributed by atoms with van der Waals surface area (Å²) < 4.78 is 12.1. The van der Waals surface area contributed by atoms with Crippen molar-refractivity contribution in [3.63, 3.8) is 0 Å². The SMILES string of the molecule is CC1(C)OB(C(=Cc2cccc(CCO)c2)CN)OC1(C)C. The average molecular weight is 303 g/mol. The van der Waals surface area contributed by atoms with E-state index in [0.717, 1.165) is 16.6 Å². The van der Waals surface area contributed by atoms with E-state index < -0.39 is 7.12 Å². The van der Waals surface area contributed by atoms with Gasteiger partial charge in [-0.25, -0.2) is 0 Å². The topological polar surface area (TPSA) is 64.7 Å². The van der Waals surface area contributed by atoms with E-state index in [-0.39, 0.29) is 17.8 Å². The summed E-state index contributed by atoms with van der Waals surface area (Å²) in [7, 11) is -0.420. The molecule has 22 heavy (non-hydrogen) atoms. The standard InChI is InChI=1S/C17H26BNO3/c1-16(2)17(3,4)22-18(21-16)15(12-19)11-14-7-5-6-13(10-14)8-9-20/h5-7,10-11,20H,8-9,12,19H2,1-4H3. The molecule has 5 heteroatoms. The van der Waals surface area contributed by atoms with Crippen LogP contribution >= 0.6 is 0 Å². The summed E-state index contributed by atoms with van der Waals surface area (Å²) >= 11 is 0. The quantitative estimate of drug-likeness (QED) is 0.819. The van der Waals surface area contributed by atoms with Crippen LogP contribution in [0.1, 0.15) is 38.8 Å². The highest BCUT2D eigenvalue weighted by molar-refractivity contribution is 6.55. The number of benzene rings is 1. The van der Waals surface area contributed by atoms with Crippen molar-refractivity contribution in [3.05, 3.63) is 40.9 Å². The van der Waals surface area contributed by atoms with E-state index in [0.29, 0.717) is 13.0 Å². The zero-order valence-electron chi connectivity index (χ0n) is 13.9. The van der Waals surface area contributed by atoms with Gasteiger partial charge in [-0.15, -0.1) is 0 Å². The molecule has 0 spiro atoms. The summed E-state index contributed by atoms with van der Waals surface area (Å²) in [4.78, 5) is 0. The summed E-state index contributed by atoms with van der Waals surface area (Å²) in [6.07, 6.45) is 2.67. The fourth-order valence-corrected chi connectivity index (χ4v) is 2.40. The van der Waals surface area contributed by atoms with Gasteiger partial charge in [0, 0.05) is 13.2 Å². The average Bonchev–Trinajstić information content (AvgIpc) is 2.65. The Labute approximate surface area is 133 Å². The molecule has 0 aliphatic carbocycles. The van der Waals surface area contributed by atoms with Crippen LogP contribution in [0, 0.1) is 0 Å². The van der Waals surface area contributed by atoms with Crippen LogP contribution in [-0.2, 0) is 15.7 Å². The first kappa shape index (κ1) is 17.2. The van der Waals surface area contributed by atoms with Crippen molar-refractivity contribution in [2.24, 2.45) is 5.73 Å². The van der Waals surface area contributed by atoms with Gasteiger partial charge in [-0.3, -0.25) is 0 Å². The molecule has 1 heterocycles. The van der Waals surface area contributed by atoms with Crippen LogP contribution in [0.15, 0.2) is 29.7 Å². The molecule has 4 nitrogen and oxygen atoms in total. The minimum atomic E-state index is -0.420. The number of hydrogen-bond donors (Lipinski definition) is 2. The third-order valence-corrected chi connectivity index (χ3v) is 4.50. The lowest BCUT2D eigenvalue weighted by molar-refractivity contribution is 0.00578. The molecule has 1 aromatic carbocycles. The van der Waals surface area contributed by atoms with Gasteiger partial charge in [-0.05, 0) is 50.7 Å². The molecule has 0 saturated carbocycles. The number of hydrogen-bond acceptors (Lipinski definition) is 4. The van der Waals surface area contributed by atoms with E-state index in [2.05, 4.69) is 6.07 Å². The Kier molecular flexibility index (Phi) is 5.12. The highest BCUT2D eigenvalue weighted by Crippen LogP contribution is 2.38. The van der Waals surface area contributed by atoms with Gasteiger partial charge in [-0.2, -0.15) is 0 Å². The molecule has 120 valence electrons. The number of aliphatic hydroxyl groups is 1. The fraction of sp³-hybridized carbons (Fsp3) is 0.529. The van der Waals surface area contributed by atoms with Gasteiger partial charge in [-0.1, -0.05) is 30.3 Å². The van der Waals surface area contributed by atoms with Gasteiger partial charge >= 0.3 is 7.12 Å². The third-order valence-electron chi connectivity index (χ3n) is 4.50. The second-order valence-corrected chi connectivity index (χ2v) is 6.73. The van der Waals surface area contributed by atoms with E-state index in [9.17, 15) is 0 Å². The van der Waals surface area contributed by atoms with Crippen molar-refractivity contribution in [3.8, 4) is 0 Å². The Morgan fingerprint density at radius 3 is 2.41 bits per heavy atom. The first-order valence-electron chi connectivity index (χ1n) is 7.75. The van der Waals surface area contributed by atoms with Gasteiger partial charge in [0.1, 0.15) is 0 Å². The van der Waals surface area contributed by atoms with Crippen LogP contribution in [0.25, 0.3) is 6.08 Å². The van der Waals surface area contributed by atoms with Crippen molar-refractivity contribution in [2.45, 2.75) is 45.3 Å². The van der Waals surface area contributed by atoms with Gasteiger partial charge in [0.05, 0.1) is 11.2 Å². The second kappa shape index (κ2) is 6.55. The molecule has 0 unspecified atom stereocenters. The Morgan fingerprint density at radius 1 is 1.23 bits per heavy atom. The Hall–Kier alpha value is -1.14. The summed E-state index contributed by atoms with van der Waals surface area (Å²) in [5.74, 6) is 0. The maximum Gasteiger partial charge on any atom is 0.491 e. The second-order valence-electron chi connectivity index (χ2n) is 6.73. The molecule has 3 N–H and O–H groups in total. The van der Waals surface area contributed by atoms with Gasteiger partial charge in [0.25, 0.3) is 0 Å². The molecule has 1 fully saturated rings. The molecule has 0 atom stereocenters. The van der Waals surface area contributed by atoms with Crippen LogP contribution in [0.4, 0.5) is 0 Å². The monoisotopic (exact) mass is 303 g/mol. The maximum atomic E-state index is 9.05. The Balaban J connectivity index is 2.23. The number of nitrogens with two attached hydrogens (primary N) is 1. The lowest BCUT2D eigenvalue weighted by Gasteiger charge is -2.32. The molecule has 1 saturated heterocycles. The van der Waals surface area contributed by atoms with Crippen LogP contribution in [-0.4, -0.2) is 36.6 Å². The molecule has 0 amide bonds. The Bertz CT molecular complexity index is 539. The molecule has 1 aromatic rings. The number of aliphatic hydroxyl groups excluding tert-OH is 1. The summed E-state index contributed by atoms with van der Waals surface area (Å²) in [5, 5.41) is 9.05. The smallest absolute Gasteiger partial charge is 0.400 e.